The molecule has 6 rings (SSSR count). The predicted molar refractivity (Wildman–Crippen MR) is 162 cm³/mol. The van der Waals surface area contributed by atoms with Crippen molar-refractivity contribution in [1.29, 1.82) is 0 Å². The van der Waals surface area contributed by atoms with Crippen LogP contribution in [0, 0.1) is 28.6 Å². The smallest absolute Gasteiger partial charge is 0.326 e. The third-order valence-corrected chi connectivity index (χ3v) is 11.8. The van der Waals surface area contributed by atoms with Gasteiger partial charge in [0.05, 0.1) is 5.71 Å². The lowest BCUT2D eigenvalue weighted by molar-refractivity contribution is -0.159. The Morgan fingerprint density at radius 2 is 1.86 bits per heavy atom. The van der Waals surface area contributed by atoms with Gasteiger partial charge in [-0.15, -0.1) is 0 Å². The Kier molecular flexibility index (Phi) is 7.51. The van der Waals surface area contributed by atoms with Crippen LogP contribution in [0.2, 0.25) is 0 Å². The van der Waals surface area contributed by atoms with Gasteiger partial charge in [0.2, 0.25) is 0 Å². The second kappa shape index (κ2) is 10.9. The SMILES string of the molecule is CC(=O)[C@@]1(O)CCC2C3CCC4=C/C(=N/OCC(=O)NC(Cc5c[nH]c6ccccc56)C(=O)O)CC[C@]4(C)C3CC[C@@]21C. The van der Waals surface area contributed by atoms with E-state index in [1.807, 2.05) is 24.3 Å². The molecule has 4 unspecified atom stereocenters. The van der Waals surface area contributed by atoms with Gasteiger partial charge in [0.15, 0.2) is 12.4 Å². The minimum Gasteiger partial charge on any atom is -0.480 e. The Labute approximate surface area is 252 Å². The fraction of sp³-hybridized carbons (Fsp3) is 0.588. The number of para-hydroxylation sites is 1. The van der Waals surface area contributed by atoms with Gasteiger partial charge >= 0.3 is 5.97 Å². The molecule has 0 spiro atoms. The lowest BCUT2D eigenvalue weighted by Gasteiger charge is -2.59. The molecule has 0 aliphatic heterocycles. The van der Waals surface area contributed by atoms with Gasteiger partial charge in [-0.2, -0.15) is 0 Å². The van der Waals surface area contributed by atoms with Crippen molar-refractivity contribution in [2.75, 3.05) is 6.61 Å². The van der Waals surface area contributed by atoms with Gasteiger partial charge in [-0.05, 0) is 99.2 Å². The second-order valence-corrected chi connectivity index (χ2v) is 13.8. The average Bonchev–Trinajstić information content (AvgIpc) is 3.51. The molecule has 2 aromatic rings. The molecular weight excluding hydrogens is 546 g/mol. The average molecular weight is 590 g/mol. The van der Waals surface area contributed by atoms with E-state index in [2.05, 4.69) is 35.4 Å². The molecule has 3 saturated carbocycles. The van der Waals surface area contributed by atoms with Crippen LogP contribution in [0.3, 0.4) is 0 Å². The minimum atomic E-state index is -1.20. The third kappa shape index (κ3) is 4.89. The molecule has 4 N–H and O–H groups in total. The van der Waals surface area contributed by atoms with E-state index in [1.165, 1.54) is 5.57 Å². The van der Waals surface area contributed by atoms with Crippen LogP contribution in [0.25, 0.3) is 10.9 Å². The highest BCUT2D eigenvalue weighted by Gasteiger charge is 2.65. The number of nitrogens with one attached hydrogen (secondary N) is 2. The molecule has 1 heterocycles. The van der Waals surface area contributed by atoms with Crippen LogP contribution in [-0.4, -0.2) is 56.8 Å². The molecule has 43 heavy (non-hydrogen) atoms. The number of rotatable bonds is 8. The van der Waals surface area contributed by atoms with E-state index in [4.69, 9.17) is 4.84 Å². The van der Waals surface area contributed by atoms with E-state index >= 15 is 0 Å². The first-order valence-electron chi connectivity index (χ1n) is 15.7. The van der Waals surface area contributed by atoms with Crippen molar-refractivity contribution in [3.05, 3.63) is 47.7 Å². The van der Waals surface area contributed by atoms with E-state index in [0.717, 1.165) is 67.1 Å². The number of amides is 1. The van der Waals surface area contributed by atoms with Gasteiger partial charge in [0.25, 0.3) is 5.91 Å². The number of allylic oxidation sites excluding steroid dienone is 2. The number of nitrogens with zero attached hydrogens (tertiary/aromatic N) is 1. The minimum absolute atomic E-state index is 0.0503. The Hall–Kier alpha value is -3.46. The first-order chi connectivity index (χ1) is 20.5. The number of aromatic nitrogens is 1. The van der Waals surface area contributed by atoms with Crippen molar-refractivity contribution in [3.63, 3.8) is 0 Å². The molecule has 1 aromatic carbocycles. The van der Waals surface area contributed by atoms with Crippen LogP contribution in [0.15, 0.2) is 47.3 Å². The number of aromatic amines is 1. The number of ketones is 1. The number of oxime groups is 1. The number of fused-ring (bicyclic) bond motifs is 6. The Bertz CT molecular complexity index is 1510. The number of carboxylic acids is 1. The molecule has 230 valence electrons. The van der Waals surface area contributed by atoms with E-state index in [9.17, 15) is 24.6 Å². The molecule has 4 aliphatic rings. The molecule has 7 atom stereocenters. The number of carbonyl (C=O) groups is 3. The number of hydrogen-bond acceptors (Lipinski definition) is 6. The largest absolute Gasteiger partial charge is 0.480 e. The highest BCUT2D eigenvalue weighted by atomic mass is 16.6. The molecule has 3 fully saturated rings. The zero-order valence-electron chi connectivity index (χ0n) is 25.3. The molecule has 1 aromatic heterocycles. The predicted octanol–water partition coefficient (Wildman–Crippen LogP) is 4.94. The Morgan fingerprint density at radius 3 is 2.63 bits per heavy atom. The first kappa shape index (κ1) is 29.6. The zero-order valence-corrected chi connectivity index (χ0v) is 25.3. The number of hydrogen-bond donors (Lipinski definition) is 4. The number of benzene rings is 1. The number of Topliss-reactive ketones (excluding diaryl/α,β-unsaturated/α-hetero) is 1. The quantitative estimate of drug-likeness (QED) is 0.322. The molecular formula is C34H43N3O6. The van der Waals surface area contributed by atoms with Crippen LogP contribution >= 0.6 is 0 Å². The summed E-state index contributed by atoms with van der Waals surface area (Å²) < 4.78 is 0. The molecule has 0 bridgehead atoms. The molecule has 9 heteroatoms. The van der Waals surface area contributed by atoms with Crippen LogP contribution in [0.1, 0.15) is 77.7 Å². The van der Waals surface area contributed by atoms with Crippen LogP contribution in [0.5, 0.6) is 0 Å². The number of aliphatic carboxylic acids is 1. The summed E-state index contributed by atoms with van der Waals surface area (Å²) in [7, 11) is 0. The summed E-state index contributed by atoms with van der Waals surface area (Å²) >= 11 is 0. The summed E-state index contributed by atoms with van der Waals surface area (Å²) in [4.78, 5) is 45.6. The Morgan fingerprint density at radius 1 is 1.09 bits per heavy atom. The fourth-order valence-corrected chi connectivity index (χ4v) is 9.37. The van der Waals surface area contributed by atoms with E-state index in [-0.39, 0.29) is 29.6 Å². The van der Waals surface area contributed by atoms with Gasteiger partial charge in [0.1, 0.15) is 11.6 Å². The fourth-order valence-electron chi connectivity index (χ4n) is 9.37. The summed E-state index contributed by atoms with van der Waals surface area (Å²) in [6.07, 6.45) is 11.1. The lowest BCUT2D eigenvalue weighted by atomic mass is 9.46. The first-order valence-corrected chi connectivity index (χ1v) is 15.7. The van der Waals surface area contributed by atoms with Crippen LogP contribution in [-0.2, 0) is 25.6 Å². The van der Waals surface area contributed by atoms with Gasteiger partial charge in [0, 0.05) is 28.9 Å². The maximum Gasteiger partial charge on any atom is 0.326 e. The van der Waals surface area contributed by atoms with Crippen molar-refractivity contribution in [1.82, 2.24) is 10.3 Å². The summed E-state index contributed by atoms with van der Waals surface area (Å²) in [5, 5.41) is 28.9. The third-order valence-electron chi connectivity index (χ3n) is 11.8. The zero-order chi connectivity index (χ0) is 30.6. The van der Waals surface area contributed by atoms with Crippen molar-refractivity contribution in [2.24, 2.45) is 33.7 Å². The summed E-state index contributed by atoms with van der Waals surface area (Å²) in [5.41, 5.74) is 2.42. The van der Waals surface area contributed by atoms with Gasteiger partial charge < -0.3 is 25.4 Å². The second-order valence-electron chi connectivity index (χ2n) is 13.8. The summed E-state index contributed by atoms with van der Waals surface area (Å²) in [6.45, 7) is 5.71. The monoisotopic (exact) mass is 589 g/mol. The van der Waals surface area contributed by atoms with E-state index in [0.29, 0.717) is 24.2 Å². The van der Waals surface area contributed by atoms with Crippen LogP contribution in [0.4, 0.5) is 0 Å². The normalized spacial score (nSPS) is 34.9. The van der Waals surface area contributed by atoms with Gasteiger partial charge in [-0.3, -0.25) is 9.59 Å². The lowest BCUT2D eigenvalue weighted by Crippen LogP contribution is -2.57. The summed E-state index contributed by atoms with van der Waals surface area (Å²) in [5.74, 6) is -0.349. The topological polar surface area (TPSA) is 141 Å². The molecule has 9 nitrogen and oxygen atoms in total. The number of aliphatic hydroxyl groups is 1. The highest BCUT2D eigenvalue weighted by Crippen LogP contribution is 2.67. The maximum absolute atomic E-state index is 12.6. The number of carbonyl (C=O) groups excluding carboxylic acids is 2. The van der Waals surface area contributed by atoms with E-state index in [1.54, 1.807) is 13.1 Å². The molecule has 0 radical (unpaired) electrons. The van der Waals surface area contributed by atoms with Crippen molar-refractivity contribution < 1.29 is 29.4 Å². The van der Waals surface area contributed by atoms with Gasteiger partial charge in [-0.25, -0.2) is 4.79 Å². The highest BCUT2D eigenvalue weighted by molar-refractivity contribution is 5.96. The maximum atomic E-state index is 12.6. The standard InChI is InChI=1S/C34H43N3O6/c1-20(38)34(42)15-12-27-25-9-8-22-17-23(10-13-32(22,2)26(25)11-14-33(27,34)3)37-43-19-30(39)36-29(31(40)41)16-21-18-35-28-7-5-4-6-24(21)28/h4-7,17-18,25-27,29,35,42H,8-16,19H2,1-3H3,(H,36,39)(H,40,41)/b37-23+/t25?,26?,27?,29?,32-,33-,34-/m0/s1. The molecule has 1 amide bonds. The number of carboxylic acid groups (broad SMARTS) is 1. The summed E-state index contributed by atoms with van der Waals surface area (Å²) in [6, 6.07) is 6.56. The number of H-pyrrole nitrogens is 1. The van der Waals surface area contributed by atoms with Crippen molar-refractivity contribution in [2.45, 2.75) is 90.2 Å². The molecule has 4 aliphatic carbocycles. The molecule has 0 saturated heterocycles. The van der Waals surface area contributed by atoms with Crippen molar-refractivity contribution >= 4 is 34.3 Å². The Balaban J connectivity index is 1.07. The van der Waals surface area contributed by atoms with Gasteiger partial charge in [-0.1, -0.05) is 42.8 Å². The van der Waals surface area contributed by atoms with E-state index < -0.39 is 23.5 Å². The van der Waals surface area contributed by atoms with Crippen molar-refractivity contribution in [3.8, 4) is 0 Å². The van der Waals surface area contributed by atoms with Crippen LogP contribution < -0.4 is 5.32 Å².